The summed E-state index contributed by atoms with van der Waals surface area (Å²) in [5, 5.41) is 4.27. The van der Waals surface area contributed by atoms with Gasteiger partial charge in [0, 0.05) is 16.3 Å². The van der Waals surface area contributed by atoms with E-state index in [-0.39, 0.29) is 17.3 Å². The average molecular weight is 492 g/mol. The highest BCUT2D eigenvalue weighted by molar-refractivity contribution is 7.17. The summed E-state index contributed by atoms with van der Waals surface area (Å²) in [5.41, 5.74) is 2.77. The highest BCUT2D eigenvalue weighted by Gasteiger charge is 2.34. The molecule has 7 heteroatoms. The minimum atomic E-state index is -0.346. The number of carbonyl (C=O) groups excluding carboxylic acids is 2. The minimum Gasteiger partial charge on any atom is -0.493 e. The summed E-state index contributed by atoms with van der Waals surface area (Å²) >= 11 is 7.51. The number of rotatable bonds is 8. The molecule has 0 bridgehead atoms. The van der Waals surface area contributed by atoms with Crippen molar-refractivity contribution < 1.29 is 19.1 Å². The van der Waals surface area contributed by atoms with Crippen molar-refractivity contribution in [3.8, 4) is 5.75 Å². The lowest BCUT2D eigenvalue weighted by molar-refractivity contribution is -0.116. The van der Waals surface area contributed by atoms with Crippen molar-refractivity contribution in [1.82, 2.24) is 0 Å². The van der Waals surface area contributed by atoms with Crippen LogP contribution >= 0.6 is 22.9 Å². The molecule has 1 aromatic carbocycles. The average Bonchev–Trinajstić information content (AvgIpc) is 3.09. The summed E-state index contributed by atoms with van der Waals surface area (Å²) < 4.78 is 11.1. The number of hydrogen-bond acceptors (Lipinski definition) is 5. The number of thiophene rings is 1. The fourth-order valence-corrected chi connectivity index (χ4v) is 5.77. The van der Waals surface area contributed by atoms with Gasteiger partial charge in [0.05, 0.1) is 18.8 Å². The summed E-state index contributed by atoms with van der Waals surface area (Å²) in [6.45, 7) is 11.3. The number of nitrogens with one attached hydrogen (secondary N) is 1. The van der Waals surface area contributed by atoms with Crippen LogP contribution in [-0.2, 0) is 22.4 Å². The monoisotopic (exact) mass is 491 g/mol. The third kappa shape index (κ3) is 6.51. The number of ether oxygens (including phenoxy) is 2. The van der Waals surface area contributed by atoms with Crippen molar-refractivity contribution in [3.63, 3.8) is 0 Å². The summed E-state index contributed by atoms with van der Waals surface area (Å²) in [7, 11) is 0. The van der Waals surface area contributed by atoms with Crippen molar-refractivity contribution in [1.29, 1.82) is 0 Å². The molecule has 0 saturated heterocycles. The normalized spacial score (nSPS) is 15.6. The Hall–Kier alpha value is -2.05. The molecular weight excluding hydrogens is 458 g/mol. The molecule has 1 heterocycles. The second kappa shape index (κ2) is 10.9. The van der Waals surface area contributed by atoms with Crippen LogP contribution < -0.4 is 10.1 Å². The van der Waals surface area contributed by atoms with Crippen molar-refractivity contribution in [2.75, 3.05) is 18.5 Å². The number of amides is 1. The van der Waals surface area contributed by atoms with E-state index in [9.17, 15) is 9.59 Å². The van der Waals surface area contributed by atoms with Crippen LogP contribution in [0, 0.1) is 18.3 Å². The Bertz CT molecular complexity index is 1010. The van der Waals surface area contributed by atoms with Gasteiger partial charge in [-0.2, -0.15) is 0 Å². The first-order chi connectivity index (χ1) is 15.6. The van der Waals surface area contributed by atoms with Gasteiger partial charge in [-0.3, -0.25) is 4.79 Å². The molecule has 1 N–H and O–H groups in total. The molecule has 1 atom stereocenters. The Morgan fingerprint density at radius 2 is 2.03 bits per heavy atom. The maximum atomic E-state index is 12.7. The molecule has 3 rings (SSSR count). The number of carbonyl (C=O) groups is 2. The number of hydrogen-bond donors (Lipinski definition) is 1. The molecule has 180 valence electrons. The molecule has 2 aromatic rings. The van der Waals surface area contributed by atoms with Crippen LogP contribution in [0.1, 0.15) is 73.3 Å². The lowest BCUT2D eigenvalue weighted by Gasteiger charge is -2.33. The molecule has 33 heavy (non-hydrogen) atoms. The molecule has 1 aliphatic carbocycles. The fraction of sp³-hybridized carbons (Fsp3) is 0.538. The van der Waals surface area contributed by atoms with Crippen LogP contribution in [0.25, 0.3) is 0 Å². The van der Waals surface area contributed by atoms with E-state index >= 15 is 0 Å². The zero-order valence-corrected chi connectivity index (χ0v) is 21.8. The maximum absolute atomic E-state index is 12.7. The number of aryl methyl sites for hydroxylation is 1. The molecule has 1 aromatic heterocycles. The van der Waals surface area contributed by atoms with Gasteiger partial charge in [-0.05, 0) is 80.2 Å². The standard InChI is InChI=1S/C26H34ClNO4S/c1-6-31-25(30)23-19-11-9-17(26(3,4)5)15-21(19)33-24(23)28-22(29)8-7-13-32-20-12-10-18(27)14-16(20)2/h10,12,14,17H,6-9,11,13,15H2,1-5H3,(H,28,29). The number of benzene rings is 1. The summed E-state index contributed by atoms with van der Waals surface area (Å²) in [4.78, 5) is 26.6. The molecule has 5 nitrogen and oxygen atoms in total. The second-order valence-electron chi connectivity index (χ2n) is 9.64. The number of fused-ring (bicyclic) bond motifs is 1. The lowest BCUT2D eigenvalue weighted by atomic mass is 9.72. The van der Waals surface area contributed by atoms with Gasteiger partial charge in [0.1, 0.15) is 10.8 Å². The Morgan fingerprint density at radius 3 is 2.70 bits per heavy atom. The van der Waals surface area contributed by atoms with Gasteiger partial charge in [-0.1, -0.05) is 32.4 Å². The Morgan fingerprint density at radius 1 is 1.27 bits per heavy atom. The predicted molar refractivity (Wildman–Crippen MR) is 135 cm³/mol. The van der Waals surface area contributed by atoms with E-state index in [0.717, 1.165) is 36.1 Å². The number of esters is 1. The fourth-order valence-electron chi connectivity index (χ4n) is 4.21. The molecule has 0 radical (unpaired) electrons. The van der Waals surface area contributed by atoms with Gasteiger partial charge < -0.3 is 14.8 Å². The van der Waals surface area contributed by atoms with Crippen LogP contribution in [0.4, 0.5) is 5.00 Å². The summed E-state index contributed by atoms with van der Waals surface area (Å²) in [5.74, 6) is 0.850. The van der Waals surface area contributed by atoms with Crippen molar-refractivity contribution in [2.45, 2.75) is 66.7 Å². The van der Waals surface area contributed by atoms with E-state index in [0.29, 0.717) is 47.6 Å². The summed E-state index contributed by atoms with van der Waals surface area (Å²) in [6.07, 6.45) is 3.68. The van der Waals surface area contributed by atoms with Crippen molar-refractivity contribution in [2.24, 2.45) is 11.3 Å². The third-order valence-corrected chi connectivity index (χ3v) is 7.57. The Labute approximate surface area is 205 Å². The van der Waals surface area contributed by atoms with E-state index < -0.39 is 0 Å². The van der Waals surface area contributed by atoms with Crippen LogP contribution in [0.5, 0.6) is 5.75 Å². The van der Waals surface area contributed by atoms with E-state index in [1.165, 1.54) is 16.2 Å². The third-order valence-electron chi connectivity index (χ3n) is 6.17. The quantitative estimate of drug-likeness (QED) is 0.324. The maximum Gasteiger partial charge on any atom is 0.341 e. The Kier molecular flexibility index (Phi) is 8.46. The number of anilines is 1. The van der Waals surface area contributed by atoms with Gasteiger partial charge in [0.2, 0.25) is 5.91 Å². The van der Waals surface area contributed by atoms with E-state index in [4.69, 9.17) is 21.1 Å². The molecule has 0 aliphatic heterocycles. The summed E-state index contributed by atoms with van der Waals surface area (Å²) in [6, 6.07) is 5.48. The Balaban J connectivity index is 1.64. The molecule has 0 fully saturated rings. The largest absolute Gasteiger partial charge is 0.493 e. The molecular formula is C26H34ClNO4S. The first-order valence-corrected chi connectivity index (χ1v) is 12.8. The van der Waals surface area contributed by atoms with Crippen molar-refractivity contribution in [3.05, 3.63) is 44.8 Å². The molecule has 0 spiro atoms. The SMILES string of the molecule is CCOC(=O)c1c(NC(=O)CCCOc2ccc(Cl)cc2C)sc2c1CCC(C(C)(C)C)C2. The second-order valence-corrected chi connectivity index (χ2v) is 11.2. The van der Waals surface area contributed by atoms with Gasteiger partial charge in [0.15, 0.2) is 0 Å². The zero-order valence-electron chi connectivity index (χ0n) is 20.2. The first kappa shape index (κ1) is 25.6. The van der Waals surface area contributed by atoms with Crippen LogP contribution in [0.15, 0.2) is 18.2 Å². The smallest absolute Gasteiger partial charge is 0.341 e. The zero-order chi connectivity index (χ0) is 24.2. The van der Waals surface area contributed by atoms with Crippen LogP contribution in [0.2, 0.25) is 5.02 Å². The highest BCUT2D eigenvalue weighted by atomic mass is 35.5. The molecule has 1 aliphatic rings. The van der Waals surface area contributed by atoms with E-state index in [1.54, 1.807) is 13.0 Å². The first-order valence-electron chi connectivity index (χ1n) is 11.6. The topological polar surface area (TPSA) is 64.6 Å². The molecule has 1 amide bonds. The highest BCUT2D eigenvalue weighted by Crippen LogP contribution is 2.44. The molecule has 1 unspecified atom stereocenters. The van der Waals surface area contributed by atoms with Gasteiger partial charge in [-0.15, -0.1) is 11.3 Å². The van der Waals surface area contributed by atoms with Crippen LogP contribution in [0.3, 0.4) is 0 Å². The van der Waals surface area contributed by atoms with Gasteiger partial charge in [0.25, 0.3) is 0 Å². The predicted octanol–water partition coefficient (Wildman–Crippen LogP) is 6.84. The van der Waals surface area contributed by atoms with Crippen LogP contribution in [-0.4, -0.2) is 25.1 Å². The van der Waals surface area contributed by atoms with Gasteiger partial charge >= 0.3 is 5.97 Å². The molecule has 0 saturated carbocycles. The van der Waals surface area contributed by atoms with Gasteiger partial charge in [-0.25, -0.2) is 4.79 Å². The number of halogens is 1. The van der Waals surface area contributed by atoms with E-state index in [1.807, 2.05) is 19.1 Å². The van der Waals surface area contributed by atoms with E-state index in [2.05, 4.69) is 26.1 Å². The van der Waals surface area contributed by atoms with Crippen molar-refractivity contribution >= 4 is 39.8 Å². The minimum absolute atomic E-state index is 0.122. The lowest BCUT2D eigenvalue weighted by Crippen LogP contribution is -2.26.